The van der Waals surface area contributed by atoms with E-state index >= 15 is 0 Å². The number of nitrogens with zero attached hydrogens (tertiary/aromatic N) is 1. The molecular formula is C13H16N2O2. The highest BCUT2D eigenvalue weighted by atomic mass is 16.6. The highest BCUT2D eigenvalue weighted by Gasteiger charge is 2.11. The van der Waals surface area contributed by atoms with Crippen LogP contribution < -0.4 is 5.32 Å². The minimum atomic E-state index is -0.657. The van der Waals surface area contributed by atoms with E-state index in [0.29, 0.717) is 13.0 Å². The van der Waals surface area contributed by atoms with Gasteiger partial charge in [0.1, 0.15) is 6.07 Å². The fourth-order valence-corrected chi connectivity index (χ4v) is 1.35. The summed E-state index contributed by atoms with van der Waals surface area (Å²) in [6.45, 7) is 2.35. The average Bonchev–Trinajstić information content (AvgIpc) is 2.37. The van der Waals surface area contributed by atoms with Gasteiger partial charge in [0.15, 0.2) is 6.10 Å². The molecule has 1 rings (SSSR count). The summed E-state index contributed by atoms with van der Waals surface area (Å²) >= 11 is 0. The molecule has 17 heavy (non-hydrogen) atoms. The molecule has 90 valence electrons. The maximum atomic E-state index is 11.4. The van der Waals surface area contributed by atoms with Crippen molar-refractivity contribution in [2.75, 3.05) is 0 Å². The molecule has 1 amide bonds. The summed E-state index contributed by atoms with van der Waals surface area (Å²) in [5.74, 6) is 0. The predicted molar refractivity (Wildman–Crippen MR) is 64.1 cm³/mol. The van der Waals surface area contributed by atoms with Gasteiger partial charge >= 0.3 is 6.09 Å². The van der Waals surface area contributed by atoms with Gasteiger partial charge in [-0.2, -0.15) is 5.26 Å². The van der Waals surface area contributed by atoms with Gasteiger partial charge in [-0.25, -0.2) is 4.79 Å². The summed E-state index contributed by atoms with van der Waals surface area (Å²) in [5, 5.41) is 11.3. The summed E-state index contributed by atoms with van der Waals surface area (Å²) in [6, 6.07) is 11.5. The topological polar surface area (TPSA) is 62.1 Å². The number of ether oxygens (including phenoxy) is 1. The number of carbonyl (C=O) groups is 1. The Balaban J connectivity index is 2.33. The number of amides is 1. The fourth-order valence-electron chi connectivity index (χ4n) is 1.35. The van der Waals surface area contributed by atoms with Gasteiger partial charge in [0, 0.05) is 6.54 Å². The van der Waals surface area contributed by atoms with Crippen LogP contribution in [0.2, 0.25) is 0 Å². The monoisotopic (exact) mass is 232 g/mol. The lowest BCUT2D eigenvalue weighted by atomic mass is 10.2. The third kappa shape index (κ3) is 5.03. The van der Waals surface area contributed by atoms with Crippen molar-refractivity contribution in [3.63, 3.8) is 0 Å². The lowest BCUT2D eigenvalue weighted by Crippen LogP contribution is -2.27. The quantitative estimate of drug-likeness (QED) is 0.848. The van der Waals surface area contributed by atoms with Crippen LogP contribution in [0.4, 0.5) is 4.79 Å². The second-order valence-corrected chi connectivity index (χ2v) is 3.65. The Morgan fingerprint density at radius 1 is 1.47 bits per heavy atom. The highest BCUT2D eigenvalue weighted by Crippen LogP contribution is 2.02. The second-order valence-electron chi connectivity index (χ2n) is 3.65. The van der Waals surface area contributed by atoms with Crippen LogP contribution in [0.15, 0.2) is 30.3 Å². The zero-order valence-electron chi connectivity index (χ0n) is 9.85. The highest BCUT2D eigenvalue weighted by molar-refractivity contribution is 5.67. The smallest absolute Gasteiger partial charge is 0.408 e. The number of carbonyl (C=O) groups excluding carboxylic acids is 1. The molecule has 0 fully saturated rings. The molecule has 0 spiro atoms. The van der Waals surface area contributed by atoms with E-state index < -0.39 is 12.2 Å². The van der Waals surface area contributed by atoms with Crippen molar-refractivity contribution in [3.05, 3.63) is 35.9 Å². The molecule has 4 heteroatoms. The number of nitrogens with one attached hydrogen (secondary N) is 1. The SMILES string of the molecule is CCC[C@@H](C#N)OC(=O)NCc1ccccc1. The van der Waals surface area contributed by atoms with Gasteiger partial charge in [0.25, 0.3) is 0 Å². The van der Waals surface area contributed by atoms with Crippen LogP contribution >= 0.6 is 0 Å². The average molecular weight is 232 g/mol. The molecule has 0 bridgehead atoms. The molecule has 0 aromatic heterocycles. The van der Waals surface area contributed by atoms with Crippen LogP contribution in [-0.4, -0.2) is 12.2 Å². The normalized spacial score (nSPS) is 11.3. The number of benzene rings is 1. The van der Waals surface area contributed by atoms with Gasteiger partial charge in [-0.3, -0.25) is 0 Å². The molecule has 1 aromatic carbocycles. The van der Waals surface area contributed by atoms with Crippen molar-refractivity contribution in [1.82, 2.24) is 5.32 Å². The van der Waals surface area contributed by atoms with Crippen molar-refractivity contribution in [1.29, 1.82) is 5.26 Å². The predicted octanol–water partition coefficient (Wildman–Crippen LogP) is 2.61. The summed E-state index contributed by atoms with van der Waals surface area (Å²) < 4.78 is 4.95. The van der Waals surface area contributed by atoms with E-state index in [1.54, 1.807) is 0 Å². The molecule has 4 nitrogen and oxygen atoms in total. The first-order chi connectivity index (χ1) is 8.26. The summed E-state index contributed by atoms with van der Waals surface area (Å²) in [5.41, 5.74) is 0.994. The van der Waals surface area contributed by atoms with Gasteiger partial charge in [-0.15, -0.1) is 0 Å². The van der Waals surface area contributed by atoms with Crippen molar-refractivity contribution >= 4 is 6.09 Å². The molecule has 0 unspecified atom stereocenters. The van der Waals surface area contributed by atoms with E-state index in [0.717, 1.165) is 12.0 Å². The first-order valence-corrected chi connectivity index (χ1v) is 5.64. The summed E-state index contributed by atoms with van der Waals surface area (Å²) in [4.78, 5) is 11.4. The molecule has 0 heterocycles. The van der Waals surface area contributed by atoms with E-state index in [1.165, 1.54) is 0 Å². The maximum absolute atomic E-state index is 11.4. The van der Waals surface area contributed by atoms with E-state index in [1.807, 2.05) is 43.3 Å². The van der Waals surface area contributed by atoms with Gasteiger partial charge in [0.05, 0.1) is 0 Å². The van der Waals surface area contributed by atoms with Crippen molar-refractivity contribution < 1.29 is 9.53 Å². The van der Waals surface area contributed by atoms with Crippen LogP contribution in [0.5, 0.6) is 0 Å². The minimum absolute atomic E-state index is 0.407. The molecule has 0 radical (unpaired) electrons. The van der Waals surface area contributed by atoms with E-state index in [4.69, 9.17) is 10.00 Å². The molecule has 0 aliphatic carbocycles. The first-order valence-electron chi connectivity index (χ1n) is 5.64. The number of rotatable bonds is 5. The van der Waals surface area contributed by atoms with Gasteiger partial charge in [-0.05, 0) is 12.0 Å². The molecule has 1 atom stereocenters. The summed E-state index contributed by atoms with van der Waals surface area (Å²) in [7, 11) is 0. The van der Waals surface area contributed by atoms with Crippen molar-refractivity contribution in [2.45, 2.75) is 32.4 Å². The number of hydrogen-bond acceptors (Lipinski definition) is 3. The third-order valence-corrected chi connectivity index (χ3v) is 2.22. The molecule has 0 saturated carbocycles. The number of nitriles is 1. The number of alkyl carbamates (subject to hydrolysis) is 1. The van der Waals surface area contributed by atoms with E-state index in [9.17, 15) is 4.79 Å². The van der Waals surface area contributed by atoms with E-state index in [-0.39, 0.29) is 0 Å². The largest absolute Gasteiger partial charge is 0.431 e. The van der Waals surface area contributed by atoms with Crippen LogP contribution in [0.3, 0.4) is 0 Å². The molecule has 1 aromatic rings. The molecule has 0 saturated heterocycles. The third-order valence-electron chi connectivity index (χ3n) is 2.22. The molecule has 1 N–H and O–H groups in total. The van der Waals surface area contributed by atoms with Gasteiger partial charge in [-0.1, -0.05) is 43.7 Å². The second kappa shape index (κ2) is 7.29. The Bertz CT molecular complexity index is 384. The van der Waals surface area contributed by atoms with Crippen LogP contribution in [0.1, 0.15) is 25.3 Å². The zero-order chi connectivity index (χ0) is 12.5. The maximum Gasteiger partial charge on any atom is 0.408 e. The zero-order valence-corrected chi connectivity index (χ0v) is 9.85. The molecule has 0 aliphatic heterocycles. The Labute approximate surface area is 101 Å². The van der Waals surface area contributed by atoms with E-state index in [2.05, 4.69) is 5.32 Å². The standard InChI is InChI=1S/C13H16N2O2/c1-2-6-12(9-14)17-13(16)15-10-11-7-4-3-5-8-11/h3-5,7-8,12H,2,6,10H2,1H3,(H,15,16)/t12-/m0/s1. The molecular weight excluding hydrogens is 216 g/mol. The number of hydrogen-bond donors (Lipinski definition) is 1. The Morgan fingerprint density at radius 3 is 2.76 bits per heavy atom. The summed E-state index contributed by atoms with van der Waals surface area (Å²) in [6.07, 6.45) is 0.170. The lowest BCUT2D eigenvalue weighted by Gasteiger charge is -2.10. The first kappa shape index (κ1) is 13.0. The van der Waals surface area contributed by atoms with Crippen molar-refractivity contribution in [3.8, 4) is 6.07 Å². The van der Waals surface area contributed by atoms with Crippen molar-refractivity contribution in [2.24, 2.45) is 0 Å². The van der Waals surface area contributed by atoms with Gasteiger partial charge in [0.2, 0.25) is 0 Å². The fraction of sp³-hybridized carbons (Fsp3) is 0.385. The van der Waals surface area contributed by atoms with Gasteiger partial charge < -0.3 is 10.1 Å². The minimum Gasteiger partial charge on any atom is -0.431 e. The van der Waals surface area contributed by atoms with Crippen LogP contribution in [0, 0.1) is 11.3 Å². The Hall–Kier alpha value is -2.02. The lowest BCUT2D eigenvalue weighted by molar-refractivity contribution is 0.118. The Kier molecular flexibility index (Phi) is 5.59. The van der Waals surface area contributed by atoms with Crippen LogP contribution in [0.25, 0.3) is 0 Å². The Morgan fingerprint density at radius 2 is 2.18 bits per heavy atom. The molecule has 0 aliphatic rings. The van der Waals surface area contributed by atoms with Crippen LogP contribution in [-0.2, 0) is 11.3 Å².